The zero-order chi connectivity index (χ0) is 15.2. The van der Waals surface area contributed by atoms with Crippen LogP contribution in [0, 0.1) is 0 Å². The van der Waals surface area contributed by atoms with E-state index in [4.69, 9.17) is 0 Å². The predicted octanol–water partition coefficient (Wildman–Crippen LogP) is 1.42. The number of amides is 1. The van der Waals surface area contributed by atoms with E-state index in [1.165, 1.54) is 0 Å². The highest BCUT2D eigenvalue weighted by molar-refractivity contribution is 5.76. The van der Waals surface area contributed by atoms with E-state index in [1.54, 1.807) is 37.5 Å². The molecule has 21 heavy (non-hydrogen) atoms. The van der Waals surface area contributed by atoms with Gasteiger partial charge in [-0.15, -0.1) is 0 Å². The summed E-state index contributed by atoms with van der Waals surface area (Å²) in [5, 5.41) is 12.1. The Labute approximate surface area is 123 Å². The molecule has 110 valence electrons. The van der Waals surface area contributed by atoms with Crippen molar-refractivity contribution in [1.82, 2.24) is 15.3 Å². The monoisotopic (exact) mass is 286 g/mol. The van der Waals surface area contributed by atoms with Crippen molar-refractivity contribution in [2.75, 3.05) is 25.5 Å². The second-order valence-corrected chi connectivity index (χ2v) is 4.63. The van der Waals surface area contributed by atoms with Gasteiger partial charge in [0.25, 0.3) is 0 Å². The van der Waals surface area contributed by atoms with Gasteiger partial charge in [-0.2, -0.15) is 0 Å². The molecule has 0 fully saturated rings. The maximum atomic E-state index is 11.3. The van der Waals surface area contributed by atoms with Gasteiger partial charge >= 0.3 is 0 Å². The predicted molar refractivity (Wildman–Crippen MR) is 81.1 cm³/mol. The molecule has 1 aromatic heterocycles. The maximum Gasteiger partial charge on any atom is 0.221 e. The number of carbonyl (C=O) groups excluding carboxylic acids is 1. The first-order valence-electron chi connectivity index (χ1n) is 6.64. The largest absolute Gasteiger partial charge is 0.508 e. The number of phenols is 1. The average molecular weight is 286 g/mol. The van der Waals surface area contributed by atoms with E-state index >= 15 is 0 Å². The quantitative estimate of drug-likeness (QED) is 0.869. The summed E-state index contributed by atoms with van der Waals surface area (Å²) in [6.45, 7) is 0.566. The molecule has 0 saturated carbocycles. The molecule has 0 atom stereocenters. The molecule has 0 unspecified atom stereocenters. The third kappa shape index (κ3) is 3.92. The molecule has 0 bridgehead atoms. The molecule has 0 spiro atoms. The van der Waals surface area contributed by atoms with Gasteiger partial charge in [0.1, 0.15) is 11.6 Å². The van der Waals surface area contributed by atoms with Gasteiger partial charge in [0.05, 0.1) is 0 Å². The van der Waals surface area contributed by atoms with Crippen LogP contribution in [0.4, 0.5) is 5.82 Å². The summed E-state index contributed by atoms with van der Waals surface area (Å²) in [6.07, 6.45) is 2.07. The topological polar surface area (TPSA) is 78.4 Å². The fraction of sp³-hybridized carbons (Fsp3) is 0.267. The van der Waals surface area contributed by atoms with Crippen LogP contribution in [0.1, 0.15) is 6.42 Å². The van der Waals surface area contributed by atoms with Gasteiger partial charge in [-0.05, 0) is 18.2 Å². The lowest BCUT2D eigenvalue weighted by Gasteiger charge is -2.18. The Morgan fingerprint density at radius 1 is 1.38 bits per heavy atom. The summed E-state index contributed by atoms with van der Waals surface area (Å²) in [5.74, 6) is 1.43. The number of nitrogens with zero attached hydrogens (tertiary/aromatic N) is 3. The van der Waals surface area contributed by atoms with Crippen molar-refractivity contribution in [3.05, 3.63) is 36.5 Å². The Kier molecular flexibility index (Phi) is 4.71. The third-order valence-corrected chi connectivity index (χ3v) is 3.09. The zero-order valence-corrected chi connectivity index (χ0v) is 12.1. The van der Waals surface area contributed by atoms with E-state index < -0.39 is 0 Å². The number of anilines is 1. The molecule has 1 heterocycles. The number of aromatic nitrogens is 2. The molecule has 0 aliphatic rings. The molecule has 2 N–H and O–H groups in total. The van der Waals surface area contributed by atoms with E-state index in [9.17, 15) is 9.90 Å². The minimum atomic E-state index is -0.0101. The number of benzene rings is 1. The van der Waals surface area contributed by atoms with Crippen molar-refractivity contribution in [2.45, 2.75) is 6.42 Å². The first kappa shape index (κ1) is 14.8. The van der Waals surface area contributed by atoms with Crippen molar-refractivity contribution in [2.24, 2.45) is 0 Å². The highest BCUT2D eigenvalue weighted by Crippen LogP contribution is 2.21. The zero-order valence-electron chi connectivity index (χ0n) is 12.1. The van der Waals surface area contributed by atoms with E-state index in [0.717, 1.165) is 11.4 Å². The molecular formula is C15H18N4O2. The van der Waals surface area contributed by atoms with E-state index in [0.29, 0.717) is 18.8 Å². The molecule has 2 aromatic rings. The summed E-state index contributed by atoms with van der Waals surface area (Å²) >= 11 is 0. The summed E-state index contributed by atoms with van der Waals surface area (Å²) < 4.78 is 0. The second kappa shape index (κ2) is 6.69. The Hall–Kier alpha value is -2.63. The molecule has 0 aliphatic heterocycles. The molecule has 2 rings (SSSR count). The molecule has 6 heteroatoms. The third-order valence-electron chi connectivity index (χ3n) is 3.09. The van der Waals surface area contributed by atoms with Crippen molar-refractivity contribution in [3.63, 3.8) is 0 Å². The molecule has 6 nitrogen and oxygen atoms in total. The number of aromatic hydroxyl groups is 1. The minimum absolute atomic E-state index is 0.0101. The fourth-order valence-corrected chi connectivity index (χ4v) is 1.85. The van der Waals surface area contributed by atoms with Crippen LogP contribution in [-0.4, -0.2) is 41.6 Å². The highest BCUT2D eigenvalue weighted by atomic mass is 16.3. The average Bonchev–Trinajstić information content (AvgIpc) is 2.52. The number of hydrogen-bond donors (Lipinski definition) is 2. The SMILES string of the molecule is CNC(=O)CCN(C)c1ccnc(-c2cccc(O)c2)n1. The van der Waals surface area contributed by atoms with Crippen LogP contribution >= 0.6 is 0 Å². The number of phenolic OH excluding ortho intramolecular Hbond substituents is 1. The lowest BCUT2D eigenvalue weighted by molar-refractivity contribution is -0.120. The van der Waals surface area contributed by atoms with Gasteiger partial charge in [0.2, 0.25) is 5.91 Å². The van der Waals surface area contributed by atoms with Crippen LogP contribution in [0.25, 0.3) is 11.4 Å². The second-order valence-electron chi connectivity index (χ2n) is 4.63. The summed E-state index contributed by atoms with van der Waals surface area (Å²) in [4.78, 5) is 21.8. The van der Waals surface area contributed by atoms with Gasteiger partial charge in [-0.25, -0.2) is 9.97 Å². The van der Waals surface area contributed by atoms with Crippen molar-refractivity contribution in [1.29, 1.82) is 0 Å². The number of nitrogens with one attached hydrogen (secondary N) is 1. The Balaban J connectivity index is 2.15. The normalized spacial score (nSPS) is 10.2. The van der Waals surface area contributed by atoms with E-state index in [2.05, 4.69) is 15.3 Å². The van der Waals surface area contributed by atoms with Crippen LogP contribution in [0.3, 0.4) is 0 Å². The van der Waals surface area contributed by atoms with Crippen molar-refractivity contribution in [3.8, 4) is 17.1 Å². The van der Waals surface area contributed by atoms with Gasteiger partial charge in [0.15, 0.2) is 5.82 Å². The molecule has 0 radical (unpaired) electrons. The van der Waals surface area contributed by atoms with Crippen LogP contribution in [0.5, 0.6) is 5.75 Å². The van der Waals surface area contributed by atoms with Gasteiger partial charge in [0, 0.05) is 38.8 Å². The Morgan fingerprint density at radius 2 is 2.19 bits per heavy atom. The first-order chi connectivity index (χ1) is 10.1. The Morgan fingerprint density at radius 3 is 2.90 bits per heavy atom. The lowest BCUT2D eigenvalue weighted by Crippen LogP contribution is -2.26. The van der Waals surface area contributed by atoms with Crippen LogP contribution in [-0.2, 0) is 4.79 Å². The summed E-state index contributed by atoms with van der Waals surface area (Å²) in [6, 6.07) is 8.59. The Bertz CT molecular complexity index is 631. The van der Waals surface area contributed by atoms with Crippen LogP contribution in [0.15, 0.2) is 36.5 Å². The van der Waals surface area contributed by atoms with Crippen LogP contribution in [0.2, 0.25) is 0 Å². The standard InChI is InChI=1S/C15H18N4O2/c1-16-14(21)7-9-19(2)13-6-8-17-15(18-13)11-4-3-5-12(20)10-11/h3-6,8,10,20H,7,9H2,1-2H3,(H,16,21). The van der Waals surface area contributed by atoms with Crippen LogP contribution < -0.4 is 10.2 Å². The molecule has 0 saturated heterocycles. The minimum Gasteiger partial charge on any atom is -0.508 e. The smallest absolute Gasteiger partial charge is 0.221 e. The number of carbonyl (C=O) groups is 1. The van der Waals surface area contributed by atoms with Crippen molar-refractivity contribution < 1.29 is 9.90 Å². The first-order valence-corrected chi connectivity index (χ1v) is 6.64. The van der Waals surface area contributed by atoms with Gasteiger partial charge in [-0.1, -0.05) is 12.1 Å². The molecule has 0 aliphatic carbocycles. The highest BCUT2D eigenvalue weighted by Gasteiger charge is 2.08. The molecular weight excluding hydrogens is 268 g/mol. The molecule has 1 aromatic carbocycles. The molecule has 1 amide bonds. The van der Waals surface area contributed by atoms with E-state index in [1.807, 2.05) is 18.0 Å². The van der Waals surface area contributed by atoms with Gasteiger partial charge < -0.3 is 15.3 Å². The summed E-state index contributed by atoms with van der Waals surface area (Å²) in [5.41, 5.74) is 0.747. The lowest BCUT2D eigenvalue weighted by atomic mass is 10.2. The number of hydrogen-bond acceptors (Lipinski definition) is 5. The van der Waals surface area contributed by atoms with Gasteiger partial charge in [-0.3, -0.25) is 4.79 Å². The van der Waals surface area contributed by atoms with E-state index in [-0.39, 0.29) is 11.7 Å². The fourth-order valence-electron chi connectivity index (χ4n) is 1.85. The number of rotatable bonds is 5. The van der Waals surface area contributed by atoms with Crippen molar-refractivity contribution >= 4 is 11.7 Å². The maximum absolute atomic E-state index is 11.3. The summed E-state index contributed by atoms with van der Waals surface area (Å²) in [7, 11) is 3.49.